The molecule has 2 aromatic rings. The van der Waals surface area contributed by atoms with Gasteiger partial charge in [-0.2, -0.15) is 0 Å². The number of hydrogen-bond donors (Lipinski definition) is 1. The third kappa shape index (κ3) is 3.55. The van der Waals surface area contributed by atoms with Crippen molar-refractivity contribution in [3.05, 3.63) is 53.1 Å². The van der Waals surface area contributed by atoms with Crippen molar-refractivity contribution in [3.8, 4) is 23.0 Å². The lowest BCUT2D eigenvalue weighted by molar-refractivity contribution is 0.105. The molecule has 6 nitrogen and oxygen atoms in total. The third-order valence-corrected chi connectivity index (χ3v) is 4.87. The van der Waals surface area contributed by atoms with Crippen molar-refractivity contribution in [2.24, 2.45) is 0 Å². The van der Waals surface area contributed by atoms with Crippen LogP contribution in [0.1, 0.15) is 40.4 Å². The number of allylic oxidation sites excluding steroid dienone is 2. The topological polar surface area (TPSA) is 74.2 Å². The van der Waals surface area contributed by atoms with Gasteiger partial charge in [-0.1, -0.05) is 12.1 Å². The molecule has 1 unspecified atom stereocenters. The maximum atomic E-state index is 13.4. The van der Waals surface area contributed by atoms with Crippen molar-refractivity contribution in [3.63, 3.8) is 0 Å². The second kappa shape index (κ2) is 8.35. The molecular weight excluding hydrogens is 360 g/mol. The Morgan fingerprint density at radius 3 is 2.21 bits per heavy atom. The van der Waals surface area contributed by atoms with Crippen molar-refractivity contribution >= 4 is 11.4 Å². The zero-order valence-electron chi connectivity index (χ0n) is 16.4. The van der Waals surface area contributed by atoms with E-state index in [4.69, 9.17) is 18.9 Å². The first-order valence-electron chi connectivity index (χ1n) is 8.95. The van der Waals surface area contributed by atoms with Gasteiger partial charge >= 0.3 is 0 Å². The lowest BCUT2D eigenvalue weighted by Crippen LogP contribution is -2.07. The van der Waals surface area contributed by atoms with E-state index in [0.717, 1.165) is 0 Å². The molecule has 0 aromatic heterocycles. The van der Waals surface area contributed by atoms with Gasteiger partial charge in [0.15, 0.2) is 17.3 Å². The van der Waals surface area contributed by atoms with E-state index in [1.54, 1.807) is 31.4 Å². The number of carbonyl (C=O) groups is 1. The lowest BCUT2D eigenvalue weighted by atomic mass is 9.92. The summed E-state index contributed by atoms with van der Waals surface area (Å²) in [5.74, 6) is 1.71. The smallest absolute Gasteiger partial charge is 0.203 e. The van der Waals surface area contributed by atoms with Gasteiger partial charge in [0.05, 0.1) is 34.5 Å². The van der Waals surface area contributed by atoms with Gasteiger partial charge < -0.3 is 24.1 Å². The molecule has 3 rings (SSSR count). The summed E-state index contributed by atoms with van der Waals surface area (Å²) >= 11 is 0. The lowest BCUT2D eigenvalue weighted by Gasteiger charge is -2.17. The Balaban J connectivity index is 2.10. The van der Waals surface area contributed by atoms with Crippen LogP contribution in [0.15, 0.2) is 36.4 Å². The average Bonchev–Trinajstić information content (AvgIpc) is 2.90. The highest BCUT2D eigenvalue weighted by Gasteiger charge is 2.25. The summed E-state index contributed by atoms with van der Waals surface area (Å²) in [7, 11) is 6.10. The number of aliphatic hydroxyl groups is 1. The Morgan fingerprint density at radius 2 is 1.64 bits per heavy atom. The van der Waals surface area contributed by atoms with Gasteiger partial charge in [0.25, 0.3) is 0 Å². The molecule has 1 atom stereocenters. The second-order valence-electron chi connectivity index (χ2n) is 6.41. The fourth-order valence-corrected chi connectivity index (χ4v) is 3.42. The Bertz CT molecular complexity index is 890. The normalized spacial score (nSPS) is 15.8. The van der Waals surface area contributed by atoms with Crippen LogP contribution in [0.25, 0.3) is 5.57 Å². The van der Waals surface area contributed by atoms with Gasteiger partial charge in [0.1, 0.15) is 5.75 Å². The molecule has 28 heavy (non-hydrogen) atoms. The van der Waals surface area contributed by atoms with E-state index in [0.29, 0.717) is 58.1 Å². The van der Waals surface area contributed by atoms with Crippen LogP contribution in [0.4, 0.5) is 0 Å². The summed E-state index contributed by atoms with van der Waals surface area (Å²) < 4.78 is 21.3. The maximum absolute atomic E-state index is 13.4. The predicted molar refractivity (Wildman–Crippen MR) is 106 cm³/mol. The summed E-state index contributed by atoms with van der Waals surface area (Å²) in [4.78, 5) is 13.4. The largest absolute Gasteiger partial charge is 0.497 e. The predicted octanol–water partition coefficient (Wildman–Crippen LogP) is 3.81. The van der Waals surface area contributed by atoms with Crippen LogP contribution in [-0.4, -0.2) is 39.3 Å². The first-order chi connectivity index (χ1) is 13.5. The average molecular weight is 384 g/mol. The molecule has 0 fully saturated rings. The first kappa shape index (κ1) is 19.8. The minimum atomic E-state index is -0.661. The summed E-state index contributed by atoms with van der Waals surface area (Å²) in [6.45, 7) is 0. The molecule has 1 aliphatic carbocycles. The van der Waals surface area contributed by atoms with E-state index in [-0.39, 0.29) is 5.78 Å². The number of hydrogen-bond acceptors (Lipinski definition) is 6. The molecule has 6 heteroatoms. The van der Waals surface area contributed by atoms with Crippen molar-refractivity contribution in [2.75, 3.05) is 28.4 Å². The number of ether oxygens (including phenoxy) is 4. The van der Waals surface area contributed by atoms with Gasteiger partial charge in [0, 0.05) is 11.1 Å². The highest BCUT2D eigenvalue weighted by Crippen LogP contribution is 2.41. The quantitative estimate of drug-likeness (QED) is 0.764. The van der Waals surface area contributed by atoms with Crippen LogP contribution in [-0.2, 0) is 0 Å². The molecule has 0 saturated carbocycles. The van der Waals surface area contributed by atoms with E-state index in [1.165, 1.54) is 21.3 Å². The molecule has 0 bridgehead atoms. The van der Waals surface area contributed by atoms with Crippen molar-refractivity contribution in [1.82, 2.24) is 0 Å². The van der Waals surface area contributed by atoms with Gasteiger partial charge in [-0.05, 0) is 48.2 Å². The second-order valence-corrected chi connectivity index (χ2v) is 6.41. The maximum Gasteiger partial charge on any atom is 0.203 e. The zero-order valence-corrected chi connectivity index (χ0v) is 16.4. The SMILES string of the molecule is COc1ccc2c(c1)C(O)CCC=C2C(=O)c1cc(OC)c(OC)c(OC)c1. The van der Waals surface area contributed by atoms with Crippen LogP contribution < -0.4 is 18.9 Å². The minimum absolute atomic E-state index is 0.181. The van der Waals surface area contributed by atoms with Crippen LogP contribution in [0.5, 0.6) is 23.0 Å². The van der Waals surface area contributed by atoms with E-state index in [2.05, 4.69) is 0 Å². The van der Waals surface area contributed by atoms with Gasteiger partial charge in [0.2, 0.25) is 5.75 Å². The zero-order chi connectivity index (χ0) is 20.3. The molecule has 148 valence electrons. The minimum Gasteiger partial charge on any atom is -0.497 e. The van der Waals surface area contributed by atoms with E-state index in [9.17, 15) is 9.90 Å². The number of benzene rings is 2. The fourth-order valence-electron chi connectivity index (χ4n) is 3.42. The van der Waals surface area contributed by atoms with Crippen molar-refractivity contribution in [2.45, 2.75) is 18.9 Å². The molecule has 1 aliphatic rings. The summed E-state index contributed by atoms with van der Waals surface area (Å²) in [6, 6.07) is 8.64. The highest BCUT2D eigenvalue weighted by molar-refractivity contribution is 6.29. The van der Waals surface area contributed by atoms with E-state index in [1.807, 2.05) is 12.1 Å². The van der Waals surface area contributed by atoms with E-state index >= 15 is 0 Å². The number of fused-ring (bicyclic) bond motifs is 1. The Labute approximate surface area is 164 Å². The molecule has 0 spiro atoms. The molecule has 0 radical (unpaired) electrons. The van der Waals surface area contributed by atoms with Crippen molar-refractivity contribution < 1.29 is 28.8 Å². The van der Waals surface area contributed by atoms with Crippen LogP contribution in [0.2, 0.25) is 0 Å². The van der Waals surface area contributed by atoms with Crippen LogP contribution in [0.3, 0.4) is 0 Å². The highest BCUT2D eigenvalue weighted by atomic mass is 16.5. The third-order valence-electron chi connectivity index (χ3n) is 4.87. The number of carbonyl (C=O) groups excluding carboxylic acids is 1. The molecule has 1 N–H and O–H groups in total. The molecule has 2 aromatic carbocycles. The Hall–Kier alpha value is -2.99. The molecule has 0 aliphatic heterocycles. The number of aliphatic hydroxyl groups excluding tert-OH is 1. The molecule has 0 amide bonds. The van der Waals surface area contributed by atoms with Gasteiger partial charge in [-0.15, -0.1) is 0 Å². The number of methoxy groups -OCH3 is 4. The van der Waals surface area contributed by atoms with Crippen LogP contribution in [0, 0.1) is 0 Å². The first-order valence-corrected chi connectivity index (χ1v) is 8.95. The Morgan fingerprint density at radius 1 is 0.964 bits per heavy atom. The van der Waals surface area contributed by atoms with Crippen molar-refractivity contribution in [1.29, 1.82) is 0 Å². The van der Waals surface area contributed by atoms with Gasteiger partial charge in [-0.25, -0.2) is 0 Å². The molecule has 0 saturated heterocycles. The summed E-state index contributed by atoms with van der Waals surface area (Å²) in [5, 5.41) is 10.5. The molecular formula is C22H24O6. The number of rotatable bonds is 6. The summed E-state index contributed by atoms with van der Waals surface area (Å²) in [6.07, 6.45) is 2.33. The van der Waals surface area contributed by atoms with E-state index < -0.39 is 6.10 Å². The van der Waals surface area contributed by atoms with Gasteiger partial charge in [-0.3, -0.25) is 4.79 Å². The number of Topliss-reactive ketones (excluding diaryl/α,β-unsaturated/α-hetero) is 1. The Kier molecular flexibility index (Phi) is 5.90. The van der Waals surface area contributed by atoms with Crippen LogP contribution >= 0.6 is 0 Å². The summed E-state index contributed by atoms with van der Waals surface area (Å²) in [5.41, 5.74) is 2.33. The fraction of sp³-hybridized carbons (Fsp3) is 0.318. The molecule has 0 heterocycles. The monoisotopic (exact) mass is 384 g/mol. The standard InChI is InChI=1S/C22H24O6/c1-25-14-8-9-15-16(6-5-7-18(23)17(15)12-14)21(24)13-10-19(26-2)22(28-4)20(11-13)27-3/h6,8-12,18,23H,5,7H2,1-4H3. The number of ketones is 1.